The number of benzene rings is 2. The van der Waals surface area contributed by atoms with Gasteiger partial charge in [0.25, 0.3) is 5.91 Å². The monoisotopic (exact) mass is 394 g/mol. The van der Waals surface area contributed by atoms with E-state index in [0.29, 0.717) is 11.3 Å². The molecule has 6 nitrogen and oxygen atoms in total. The highest BCUT2D eigenvalue weighted by atomic mass is 16.2. The topological polar surface area (TPSA) is 64.7 Å². The number of nitrogens with one attached hydrogen (secondary N) is 2. The van der Waals surface area contributed by atoms with Crippen molar-refractivity contribution >= 4 is 29.0 Å². The lowest BCUT2D eigenvalue weighted by Crippen LogP contribution is -2.36. The van der Waals surface area contributed by atoms with Crippen LogP contribution >= 0.6 is 0 Å². The summed E-state index contributed by atoms with van der Waals surface area (Å²) in [6.45, 7) is 5.57. The van der Waals surface area contributed by atoms with E-state index in [2.05, 4.69) is 10.6 Å². The fourth-order valence-electron chi connectivity index (χ4n) is 3.61. The van der Waals surface area contributed by atoms with Crippen molar-refractivity contribution in [2.24, 2.45) is 0 Å². The Balaban J connectivity index is 1.79. The highest BCUT2D eigenvalue weighted by Gasteiger charge is 2.22. The molecule has 0 saturated carbocycles. The Labute approximate surface area is 172 Å². The molecule has 2 aromatic carbocycles. The highest BCUT2D eigenvalue weighted by Crippen LogP contribution is 2.26. The largest absolute Gasteiger partial charge is 0.377 e. The summed E-state index contributed by atoms with van der Waals surface area (Å²) >= 11 is 0. The van der Waals surface area contributed by atoms with Gasteiger partial charge in [0, 0.05) is 44.2 Å². The minimum Gasteiger partial charge on any atom is -0.377 e. The predicted octanol–water partition coefficient (Wildman–Crippen LogP) is 4.64. The van der Waals surface area contributed by atoms with E-state index in [0.717, 1.165) is 48.4 Å². The van der Waals surface area contributed by atoms with E-state index >= 15 is 0 Å². The smallest absolute Gasteiger partial charge is 0.323 e. The van der Waals surface area contributed by atoms with Crippen LogP contribution in [0.4, 0.5) is 21.9 Å². The van der Waals surface area contributed by atoms with Gasteiger partial charge in [-0.1, -0.05) is 12.1 Å². The molecule has 1 aliphatic rings. The van der Waals surface area contributed by atoms with Gasteiger partial charge in [0.2, 0.25) is 0 Å². The molecule has 29 heavy (non-hydrogen) atoms. The second kappa shape index (κ2) is 8.99. The first-order valence-corrected chi connectivity index (χ1v) is 10.1. The van der Waals surface area contributed by atoms with Crippen LogP contribution in [0.1, 0.15) is 40.7 Å². The van der Waals surface area contributed by atoms with Crippen molar-refractivity contribution in [3.05, 3.63) is 53.1 Å². The van der Waals surface area contributed by atoms with Crippen LogP contribution in [0.15, 0.2) is 36.4 Å². The summed E-state index contributed by atoms with van der Waals surface area (Å²) in [6, 6.07) is 11.0. The number of urea groups is 1. The lowest BCUT2D eigenvalue weighted by atomic mass is 10.1. The predicted molar refractivity (Wildman–Crippen MR) is 119 cm³/mol. The first-order valence-electron chi connectivity index (χ1n) is 10.1. The summed E-state index contributed by atoms with van der Waals surface area (Å²) in [5.41, 5.74) is 4.98. The molecule has 3 amide bonds. The zero-order valence-electron chi connectivity index (χ0n) is 17.7. The third-order valence-corrected chi connectivity index (χ3v) is 5.46. The number of carbonyl (C=O) groups is 2. The van der Waals surface area contributed by atoms with E-state index in [9.17, 15) is 9.59 Å². The summed E-state index contributed by atoms with van der Waals surface area (Å²) in [5, 5.41) is 5.76. The quantitative estimate of drug-likeness (QED) is 0.794. The Morgan fingerprint density at radius 3 is 2.38 bits per heavy atom. The first-order chi connectivity index (χ1) is 13.9. The van der Waals surface area contributed by atoms with Crippen LogP contribution in [-0.4, -0.2) is 44.0 Å². The number of anilines is 3. The lowest BCUT2D eigenvalue weighted by molar-refractivity contribution is 0.0725. The normalized spacial score (nSPS) is 13.7. The van der Waals surface area contributed by atoms with Crippen molar-refractivity contribution in [3.63, 3.8) is 0 Å². The van der Waals surface area contributed by atoms with Crippen LogP contribution in [0, 0.1) is 13.8 Å². The number of carbonyl (C=O) groups excluding carboxylic acids is 2. The van der Waals surface area contributed by atoms with Crippen molar-refractivity contribution in [1.82, 2.24) is 4.90 Å². The molecule has 2 N–H and O–H groups in total. The number of hydrogen-bond acceptors (Lipinski definition) is 3. The third kappa shape index (κ3) is 4.88. The SMILES string of the molecule is Cc1cccc(NC(=O)Nc2ccc(N(C)C)c(C(=O)N3CCCCC3)c2)c1C. The van der Waals surface area contributed by atoms with E-state index in [1.165, 1.54) is 6.42 Å². The van der Waals surface area contributed by atoms with Crippen LogP contribution in [0.25, 0.3) is 0 Å². The number of piperidine rings is 1. The van der Waals surface area contributed by atoms with Crippen LogP contribution in [0.3, 0.4) is 0 Å². The number of rotatable bonds is 4. The summed E-state index contributed by atoms with van der Waals surface area (Å²) < 4.78 is 0. The second-order valence-corrected chi connectivity index (χ2v) is 7.81. The van der Waals surface area contributed by atoms with Crippen molar-refractivity contribution in [1.29, 1.82) is 0 Å². The summed E-state index contributed by atoms with van der Waals surface area (Å²) in [5.74, 6) is 0.0204. The number of hydrogen-bond donors (Lipinski definition) is 2. The summed E-state index contributed by atoms with van der Waals surface area (Å²) in [6.07, 6.45) is 3.25. The van der Waals surface area contributed by atoms with Crippen molar-refractivity contribution < 1.29 is 9.59 Å². The van der Waals surface area contributed by atoms with E-state index in [4.69, 9.17) is 0 Å². The number of nitrogens with zero attached hydrogens (tertiary/aromatic N) is 2. The molecule has 6 heteroatoms. The van der Waals surface area contributed by atoms with Gasteiger partial charge in [-0.25, -0.2) is 4.79 Å². The number of aryl methyl sites for hydroxylation is 1. The van der Waals surface area contributed by atoms with Gasteiger partial charge < -0.3 is 20.4 Å². The molecule has 0 atom stereocenters. The maximum atomic E-state index is 13.1. The minimum atomic E-state index is -0.326. The molecule has 1 fully saturated rings. The van der Waals surface area contributed by atoms with Gasteiger partial charge in [-0.3, -0.25) is 4.79 Å². The van der Waals surface area contributed by atoms with Gasteiger partial charge in [0.05, 0.1) is 5.56 Å². The fourth-order valence-corrected chi connectivity index (χ4v) is 3.61. The lowest BCUT2D eigenvalue weighted by Gasteiger charge is -2.28. The Hall–Kier alpha value is -3.02. The zero-order chi connectivity index (χ0) is 21.0. The average molecular weight is 395 g/mol. The molecular formula is C23H30N4O2. The van der Waals surface area contributed by atoms with Crippen LogP contribution in [0.2, 0.25) is 0 Å². The molecular weight excluding hydrogens is 364 g/mol. The van der Waals surface area contributed by atoms with Crippen LogP contribution in [-0.2, 0) is 0 Å². The Bertz CT molecular complexity index is 902. The maximum absolute atomic E-state index is 13.1. The van der Waals surface area contributed by atoms with Crippen LogP contribution < -0.4 is 15.5 Å². The average Bonchev–Trinajstić information content (AvgIpc) is 2.71. The Kier molecular flexibility index (Phi) is 6.42. The molecule has 1 heterocycles. The molecule has 0 aliphatic carbocycles. The molecule has 0 radical (unpaired) electrons. The molecule has 1 saturated heterocycles. The van der Waals surface area contributed by atoms with Gasteiger partial charge >= 0.3 is 6.03 Å². The molecule has 0 spiro atoms. The van der Waals surface area contributed by atoms with Crippen LogP contribution in [0.5, 0.6) is 0 Å². The van der Waals surface area contributed by atoms with E-state index in [-0.39, 0.29) is 11.9 Å². The molecule has 0 unspecified atom stereocenters. The van der Waals surface area contributed by atoms with Crippen molar-refractivity contribution in [2.75, 3.05) is 42.7 Å². The second-order valence-electron chi connectivity index (χ2n) is 7.81. The minimum absolute atomic E-state index is 0.0204. The van der Waals surface area contributed by atoms with Gasteiger partial charge in [-0.15, -0.1) is 0 Å². The van der Waals surface area contributed by atoms with E-state index in [1.807, 2.05) is 68.1 Å². The third-order valence-electron chi connectivity index (χ3n) is 5.46. The van der Waals surface area contributed by atoms with E-state index in [1.54, 1.807) is 6.07 Å². The van der Waals surface area contributed by atoms with Gasteiger partial charge in [0.15, 0.2) is 0 Å². The summed E-state index contributed by atoms with van der Waals surface area (Å²) in [4.78, 5) is 29.5. The molecule has 0 aromatic heterocycles. The molecule has 154 valence electrons. The van der Waals surface area contributed by atoms with Gasteiger partial charge in [-0.2, -0.15) is 0 Å². The van der Waals surface area contributed by atoms with Gasteiger partial charge in [0.1, 0.15) is 0 Å². The maximum Gasteiger partial charge on any atom is 0.323 e. The number of amides is 3. The fraction of sp³-hybridized carbons (Fsp3) is 0.391. The van der Waals surface area contributed by atoms with Crippen molar-refractivity contribution in [2.45, 2.75) is 33.1 Å². The Morgan fingerprint density at radius 2 is 1.69 bits per heavy atom. The molecule has 1 aliphatic heterocycles. The Morgan fingerprint density at radius 1 is 0.966 bits per heavy atom. The van der Waals surface area contributed by atoms with Crippen molar-refractivity contribution in [3.8, 4) is 0 Å². The molecule has 0 bridgehead atoms. The molecule has 3 rings (SSSR count). The van der Waals surface area contributed by atoms with Gasteiger partial charge in [-0.05, 0) is 68.5 Å². The highest BCUT2D eigenvalue weighted by molar-refractivity contribution is 6.04. The number of likely N-dealkylation sites (tertiary alicyclic amines) is 1. The van der Waals surface area contributed by atoms with E-state index < -0.39 is 0 Å². The first kappa shape index (κ1) is 20.7. The standard InChI is InChI=1S/C23H30N4O2/c1-16-9-8-10-20(17(16)2)25-23(29)24-18-11-12-21(26(3)4)19(15-18)22(28)27-13-6-5-7-14-27/h8-12,15H,5-7,13-14H2,1-4H3,(H2,24,25,29). The molecule has 2 aromatic rings. The zero-order valence-corrected chi connectivity index (χ0v) is 17.7. The summed E-state index contributed by atoms with van der Waals surface area (Å²) in [7, 11) is 3.84.